The van der Waals surface area contributed by atoms with Gasteiger partial charge in [0.2, 0.25) is 0 Å². The van der Waals surface area contributed by atoms with Crippen LogP contribution in [0.1, 0.15) is 23.4 Å². The Bertz CT molecular complexity index is 854. The van der Waals surface area contributed by atoms with E-state index in [1.807, 2.05) is 42.5 Å². The number of benzene rings is 2. The normalized spacial score (nSPS) is 22.0. The Morgan fingerprint density at radius 2 is 1.68 bits per heavy atom. The number of hydrogen-bond donors (Lipinski definition) is 0. The number of nitro groups is 1. The number of hydrogen-bond acceptors (Lipinski definition) is 6. The SMILES string of the molecule is CN1C(c2ccc([N+](=O)[O-])cc2)OC(C#N)(C#N)C1c1ccccc1. The molecule has 2 aromatic carbocycles. The fourth-order valence-electron chi connectivity index (χ4n) is 3.11. The highest BCUT2D eigenvalue weighted by Crippen LogP contribution is 2.47. The third kappa shape index (κ3) is 2.72. The molecule has 2 aromatic rings. The van der Waals surface area contributed by atoms with Crippen molar-refractivity contribution in [2.45, 2.75) is 17.9 Å². The number of nitro benzene ring substituents is 1. The molecule has 0 N–H and O–H groups in total. The number of non-ortho nitro benzene ring substituents is 1. The molecule has 7 heteroatoms. The summed E-state index contributed by atoms with van der Waals surface area (Å²) < 4.78 is 5.85. The molecule has 25 heavy (non-hydrogen) atoms. The maximum Gasteiger partial charge on any atom is 0.269 e. The largest absolute Gasteiger partial charge is 0.323 e. The summed E-state index contributed by atoms with van der Waals surface area (Å²) in [5, 5.41) is 30.1. The van der Waals surface area contributed by atoms with Crippen molar-refractivity contribution in [3.05, 3.63) is 75.8 Å². The average molecular weight is 334 g/mol. The van der Waals surface area contributed by atoms with Gasteiger partial charge in [-0.2, -0.15) is 10.5 Å². The first-order valence-corrected chi connectivity index (χ1v) is 7.54. The van der Waals surface area contributed by atoms with Crippen LogP contribution in [0.4, 0.5) is 5.69 Å². The summed E-state index contributed by atoms with van der Waals surface area (Å²) in [4.78, 5) is 12.1. The summed E-state index contributed by atoms with van der Waals surface area (Å²) in [7, 11) is 1.76. The van der Waals surface area contributed by atoms with Crippen molar-refractivity contribution in [1.29, 1.82) is 10.5 Å². The molecule has 7 nitrogen and oxygen atoms in total. The molecule has 0 aromatic heterocycles. The van der Waals surface area contributed by atoms with Gasteiger partial charge in [-0.3, -0.25) is 15.0 Å². The van der Waals surface area contributed by atoms with Gasteiger partial charge in [-0.15, -0.1) is 0 Å². The van der Waals surface area contributed by atoms with Crippen LogP contribution in [0.5, 0.6) is 0 Å². The van der Waals surface area contributed by atoms with Crippen LogP contribution in [0, 0.1) is 32.8 Å². The first-order chi connectivity index (χ1) is 12.0. The van der Waals surface area contributed by atoms with Gasteiger partial charge < -0.3 is 4.74 Å². The molecule has 124 valence electrons. The van der Waals surface area contributed by atoms with E-state index in [2.05, 4.69) is 0 Å². The maximum absolute atomic E-state index is 10.8. The van der Waals surface area contributed by atoms with Gasteiger partial charge in [-0.1, -0.05) is 30.3 Å². The average Bonchev–Trinajstić information content (AvgIpc) is 2.95. The molecule has 3 rings (SSSR count). The van der Waals surface area contributed by atoms with Crippen LogP contribution in [0.2, 0.25) is 0 Å². The minimum atomic E-state index is -1.66. The van der Waals surface area contributed by atoms with E-state index in [1.165, 1.54) is 12.1 Å². The molecule has 0 aliphatic carbocycles. The van der Waals surface area contributed by atoms with Gasteiger partial charge in [0.1, 0.15) is 18.4 Å². The second-order valence-electron chi connectivity index (χ2n) is 5.76. The van der Waals surface area contributed by atoms with Gasteiger partial charge in [0, 0.05) is 12.1 Å². The van der Waals surface area contributed by atoms with E-state index < -0.39 is 22.8 Å². The van der Waals surface area contributed by atoms with Crippen molar-refractivity contribution in [1.82, 2.24) is 4.90 Å². The Hall–Kier alpha value is -3.26. The number of nitrogens with zero attached hydrogens (tertiary/aromatic N) is 4. The highest BCUT2D eigenvalue weighted by Gasteiger charge is 2.54. The van der Waals surface area contributed by atoms with Gasteiger partial charge in [0.15, 0.2) is 0 Å². The lowest BCUT2D eigenvalue weighted by atomic mass is 9.91. The van der Waals surface area contributed by atoms with Crippen LogP contribution >= 0.6 is 0 Å². The summed E-state index contributed by atoms with van der Waals surface area (Å²) in [6.07, 6.45) is -0.662. The lowest BCUT2D eigenvalue weighted by Crippen LogP contribution is -2.34. The number of nitriles is 2. The molecular formula is C18H14N4O3. The zero-order valence-electron chi connectivity index (χ0n) is 13.4. The molecule has 1 aliphatic heterocycles. The highest BCUT2D eigenvalue weighted by atomic mass is 16.6. The Morgan fingerprint density at radius 1 is 1.08 bits per heavy atom. The van der Waals surface area contributed by atoms with Crippen molar-refractivity contribution >= 4 is 5.69 Å². The minimum absolute atomic E-state index is 0.0316. The molecule has 2 atom stereocenters. The predicted octanol–water partition coefficient (Wildman–Crippen LogP) is 3.08. The standard InChI is InChI=1S/C18H14N4O3/c1-21-16(13-5-3-2-4-6-13)18(11-19,12-20)25-17(21)14-7-9-15(10-8-14)22(23)24/h2-10,16-17H,1H3. The molecule has 0 spiro atoms. The second-order valence-corrected chi connectivity index (χ2v) is 5.76. The summed E-state index contributed by atoms with van der Waals surface area (Å²) in [5.41, 5.74) is -0.266. The smallest absolute Gasteiger partial charge is 0.269 e. The van der Waals surface area contributed by atoms with Crippen molar-refractivity contribution in [3.8, 4) is 12.1 Å². The topological polar surface area (TPSA) is 103 Å². The third-order valence-electron chi connectivity index (χ3n) is 4.30. The van der Waals surface area contributed by atoms with Crippen LogP contribution in [0.25, 0.3) is 0 Å². The van der Waals surface area contributed by atoms with Crippen LogP contribution in [-0.4, -0.2) is 22.5 Å². The molecule has 0 saturated carbocycles. The Kier molecular flexibility index (Phi) is 4.20. The molecule has 0 amide bonds. The Morgan fingerprint density at radius 3 is 2.20 bits per heavy atom. The first kappa shape index (κ1) is 16.6. The minimum Gasteiger partial charge on any atom is -0.323 e. The van der Waals surface area contributed by atoms with Gasteiger partial charge in [-0.25, -0.2) is 0 Å². The second kappa shape index (κ2) is 6.33. The van der Waals surface area contributed by atoms with Crippen molar-refractivity contribution in [3.63, 3.8) is 0 Å². The summed E-state index contributed by atoms with van der Waals surface area (Å²) >= 11 is 0. The number of ether oxygens (including phenoxy) is 1. The molecular weight excluding hydrogens is 320 g/mol. The fourth-order valence-corrected chi connectivity index (χ4v) is 3.11. The van der Waals surface area contributed by atoms with Crippen molar-refractivity contribution < 1.29 is 9.66 Å². The lowest BCUT2D eigenvalue weighted by molar-refractivity contribution is -0.384. The van der Waals surface area contributed by atoms with Crippen molar-refractivity contribution in [2.75, 3.05) is 7.05 Å². The van der Waals surface area contributed by atoms with Gasteiger partial charge in [0.25, 0.3) is 11.3 Å². The third-order valence-corrected chi connectivity index (χ3v) is 4.30. The fraction of sp³-hybridized carbons (Fsp3) is 0.222. The van der Waals surface area contributed by atoms with Crippen LogP contribution in [0.3, 0.4) is 0 Å². The van der Waals surface area contributed by atoms with E-state index in [0.29, 0.717) is 5.56 Å². The molecule has 2 unspecified atom stereocenters. The molecule has 1 saturated heterocycles. The molecule has 1 aliphatic rings. The molecule has 0 radical (unpaired) electrons. The molecule has 1 fully saturated rings. The van der Waals surface area contributed by atoms with E-state index in [4.69, 9.17) is 4.74 Å². The molecule has 0 bridgehead atoms. The highest BCUT2D eigenvalue weighted by molar-refractivity contribution is 5.38. The van der Waals surface area contributed by atoms with E-state index in [0.717, 1.165) is 5.56 Å². The predicted molar refractivity (Wildman–Crippen MR) is 87.8 cm³/mol. The zero-order chi connectivity index (χ0) is 18.0. The summed E-state index contributed by atoms with van der Waals surface area (Å²) in [6, 6.07) is 18.5. The van der Waals surface area contributed by atoms with E-state index in [1.54, 1.807) is 24.1 Å². The van der Waals surface area contributed by atoms with E-state index in [9.17, 15) is 20.6 Å². The lowest BCUT2D eigenvalue weighted by Gasteiger charge is -2.25. The number of rotatable bonds is 3. The van der Waals surface area contributed by atoms with Crippen molar-refractivity contribution in [2.24, 2.45) is 0 Å². The van der Waals surface area contributed by atoms with Crippen LogP contribution in [-0.2, 0) is 4.74 Å². The molecule has 1 heterocycles. The number of likely N-dealkylation sites (N-methyl/N-ethyl adjacent to an activating group) is 1. The van der Waals surface area contributed by atoms with E-state index >= 15 is 0 Å². The monoisotopic (exact) mass is 334 g/mol. The van der Waals surface area contributed by atoms with Crippen LogP contribution in [0.15, 0.2) is 54.6 Å². The zero-order valence-corrected chi connectivity index (χ0v) is 13.4. The Balaban J connectivity index is 2.02. The first-order valence-electron chi connectivity index (χ1n) is 7.54. The van der Waals surface area contributed by atoms with Gasteiger partial charge in [0.05, 0.1) is 11.0 Å². The summed E-state index contributed by atoms with van der Waals surface area (Å²) in [5.74, 6) is 0. The van der Waals surface area contributed by atoms with Crippen LogP contribution < -0.4 is 0 Å². The van der Waals surface area contributed by atoms with Gasteiger partial charge >= 0.3 is 0 Å². The van der Waals surface area contributed by atoms with E-state index in [-0.39, 0.29) is 5.69 Å². The quantitative estimate of drug-likeness (QED) is 0.631. The Labute approximate surface area is 144 Å². The summed E-state index contributed by atoms with van der Waals surface area (Å²) in [6.45, 7) is 0. The van der Waals surface area contributed by atoms with Gasteiger partial charge in [-0.05, 0) is 30.3 Å². The maximum atomic E-state index is 10.8.